The Morgan fingerprint density at radius 2 is 1.56 bits per heavy atom. The number of aryl methyl sites for hydroxylation is 3. The van der Waals surface area contributed by atoms with Crippen LogP contribution in [0, 0.1) is 20.8 Å². The van der Waals surface area contributed by atoms with Gasteiger partial charge in [0.05, 0.1) is 0 Å². The average molecular weight is 533 g/mol. The fraction of sp³-hybridized carbons (Fsp3) is 0.333. The average Bonchev–Trinajstić information content (AvgIpc) is 3.18. The Hall–Kier alpha value is -4.40. The smallest absolute Gasteiger partial charge is 0.339 e. The summed E-state index contributed by atoms with van der Waals surface area (Å²) < 4.78 is 11.3. The molecule has 39 heavy (non-hydrogen) atoms. The van der Waals surface area contributed by atoms with Crippen molar-refractivity contribution >= 4 is 39.7 Å². The van der Waals surface area contributed by atoms with Crippen LogP contribution in [0.25, 0.3) is 21.9 Å². The molecule has 2 amide bonds. The van der Waals surface area contributed by atoms with Gasteiger partial charge in [-0.3, -0.25) is 9.59 Å². The Bertz CT molecular complexity index is 1600. The van der Waals surface area contributed by atoms with Crippen LogP contribution in [0.2, 0.25) is 0 Å². The molecule has 9 heteroatoms. The van der Waals surface area contributed by atoms with Crippen LogP contribution < -0.4 is 16.3 Å². The number of hydrogen-bond acceptors (Lipinski definition) is 6. The van der Waals surface area contributed by atoms with Gasteiger partial charge in [0.25, 0.3) is 0 Å². The van der Waals surface area contributed by atoms with Gasteiger partial charge in [0.2, 0.25) is 11.8 Å². The molecule has 0 saturated heterocycles. The molecule has 0 spiro atoms. The van der Waals surface area contributed by atoms with E-state index in [9.17, 15) is 24.3 Å². The molecule has 204 valence electrons. The molecular weight excluding hydrogens is 500 g/mol. The number of carboxylic acid groups (broad SMARTS) is 1. The summed E-state index contributed by atoms with van der Waals surface area (Å²) in [7, 11) is 0. The summed E-state index contributed by atoms with van der Waals surface area (Å²) in [5, 5.41) is 16.5. The maximum Gasteiger partial charge on any atom is 0.339 e. The monoisotopic (exact) mass is 532 g/mol. The predicted octanol–water partition coefficient (Wildman–Crippen LogP) is 4.10. The zero-order chi connectivity index (χ0) is 28.3. The third-order valence-electron chi connectivity index (χ3n) is 7.14. The quantitative estimate of drug-likeness (QED) is 0.261. The van der Waals surface area contributed by atoms with Crippen molar-refractivity contribution in [3.63, 3.8) is 0 Å². The normalized spacial score (nSPS) is 12.8. The topological polar surface area (TPSA) is 139 Å². The molecule has 9 nitrogen and oxygen atoms in total. The largest absolute Gasteiger partial charge is 0.480 e. The van der Waals surface area contributed by atoms with E-state index in [0.717, 1.165) is 33.2 Å². The van der Waals surface area contributed by atoms with Crippen LogP contribution >= 0.6 is 0 Å². The number of amides is 2. The van der Waals surface area contributed by atoms with E-state index in [4.69, 9.17) is 8.83 Å². The van der Waals surface area contributed by atoms with Gasteiger partial charge in [-0.2, -0.15) is 0 Å². The number of carboxylic acids is 1. The lowest BCUT2D eigenvalue weighted by molar-refractivity contribution is -0.142. The van der Waals surface area contributed by atoms with Crippen LogP contribution in [0.15, 0.2) is 56.1 Å². The molecular formula is C30H32N2O7. The minimum Gasteiger partial charge on any atom is -0.480 e. The number of aliphatic carboxylic acids is 1. The van der Waals surface area contributed by atoms with Crippen LogP contribution in [0.3, 0.4) is 0 Å². The van der Waals surface area contributed by atoms with Crippen molar-refractivity contribution in [3.05, 3.63) is 80.9 Å². The second kappa shape index (κ2) is 11.6. The zero-order valence-electron chi connectivity index (χ0n) is 22.4. The summed E-state index contributed by atoms with van der Waals surface area (Å²) in [6.07, 6.45) is 0.472. The molecule has 2 atom stereocenters. The van der Waals surface area contributed by atoms with E-state index in [1.54, 1.807) is 37.3 Å². The first-order chi connectivity index (χ1) is 18.6. The number of nitrogens with one attached hydrogen (secondary N) is 2. The molecule has 2 heterocycles. The third kappa shape index (κ3) is 6.03. The maximum atomic E-state index is 12.8. The fourth-order valence-electron chi connectivity index (χ4n) is 4.69. The van der Waals surface area contributed by atoms with Gasteiger partial charge in [-0.15, -0.1) is 0 Å². The van der Waals surface area contributed by atoms with Gasteiger partial charge in [-0.05, 0) is 56.4 Å². The van der Waals surface area contributed by atoms with Gasteiger partial charge in [0.1, 0.15) is 29.0 Å². The molecule has 0 aliphatic rings. The highest BCUT2D eigenvalue weighted by Gasteiger charge is 2.26. The summed E-state index contributed by atoms with van der Waals surface area (Å²) in [4.78, 5) is 50.1. The number of benzene rings is 2. The summed E-state index contributed by atoms with van der Waals surface area (Å²) >= 11 is 0. The lowest BCUT2D eigenvalue weighted by Gasteiger charge is -2.20. The Morgan fingerprint density at radius 3 is 2.23 bits per heavy atom. The number of furan rings is 1. The molecule has 0 saturated carbocycles. The number of carbonyl (C=O) groups excluding carboxylic acids is 2. The molecule has 4 rings (SSSR count). The van der Waals surface area contributed by atoms with Gasteiger partial charge in [-0.25, -0.2) is 9.59 Å². The van der Waals surface area contributed by atoms with Gasteiger partial charge < -0.3 is 24.6 Å². The Kier molecular flexibility index (Phi) is 8.18. The van der Waals surface area contributed by atoms with Crippen molar-refractivity contribution in [2.75, 3.05) is 0 Å². The number of fused-ring (bicyclic) bond motifs is 2. The van der Waals surface area contributed by atoms with E-state index < -0.39 is 35.5 Å². The second-order valence-corrected chi connectivity index (χ2v) is 9.74. The van der Waals surface area contributed by atoms with E-state index in [2.05, 4.69) is 10.6 Å². The van der Waals surface area contributed by atoms with E-state index >= 15 is 0 Å². The molecule has 4 aromatic rings. The maximum absolute atomic E-state index is 12.8. The predicted molar refractivity (Wildman–Crippen MR) is 147 cm³/mol. The first-order valence-electron chi connectivity index (χ1n) is 12.9. The van der Waals surface area contributed by atoms with E-state index in [0.29, 0.717) is 16.7 Å². The minimum atomic E-state index is -1.16. The Balaban J connectivity index is 1.44. The molecule has 0 bridgehead atoms. The number of carbonyl (C=O) groups is 3. The van der Waals surface area contributed by atoms with Crippen LogP contribution in [0.4, 0.5) is 0 Å². The van der Waals surface area contributed by atoms with Crippen molar-refractivity contribution in [2.24, 2.45) is 0 Å². The van der Waals surface area contributed by atoms with Gasteiger partial charge in [0.15, 0.2) is 0 Å². The van der Waals surface area contributed by atoms with E-state index in [1.807, 2.05) is 32.9 Å². The van der Waals surface area contributed by atoms with E-state index in [1.165, 1.54) is 0 Å². The second-order valence-electron chi connectivity index (χ2n) is 9.74. The molecule has 3 N–H and O–H groups in total. The summed E-state index contributed by atoms with van der Waals surface area (Å²) in [5.41, 5.74) is 3.43. The Morgan fingerprint density at radius 1 is 0.897 bits per heavy atom. The van der Waals surface area contributed by atoms with Crippen LogP contribution in [-0.4, -0.2) is 35.0 Å². The van der Waals surface area contributed by atoms with Crippen LogP contribution in [0.5, 0.6) is 0 Å². The van der Waals surface area contributed by atoms with Gasteiger partial charge in [0, 0.05) is 35.2 Å². The van der Waals surface area contributed by atoms with Gasteiger partial charge >= 0.3 is 11.6 Å². The van der Waals surface area contributed by atoms with Crippen LogP contribution in [0.1, 0.15) is 47.8 Å². The summed E-state index contributed by atoms with van der Waals surface area (Å²) in [5.74, 6) is -1.38. The highest BCUT2D eigenvalue weighted by Crippen LogP contribution is 2.31. The van der Waals surface area contributed by atoms with Crippen LogP contribution in [-0.2, 0) is 27.2 Å². The molecule has 0 fully saturated rings. The summed E-state index contributed by atoms with van der Waals surface area (Å²) in [6, 6.07) is 10.6. The lowest BCUT2D eigenvalue weighted by atomic mass is 10.00. The summed E-state index contributed by atoms with van der Waals surface area (Å²) in [6.45, 7) is 7.39. The molecule has 0 unspecified atom stereocenters. The van der Waals surface area contributed by atoms with Gasteiger partial charge in [-0.1, -0.05) is 37.3 Å². The zero-order valence-corrected chi connectivity index (χ0v) is 22.4. The lowest BCUT2D eigenvalue weighted by Crippen LogP contribution is -2.52. The fourth-order valence-corrected chi connectivity index (χ4v) is 4.69. The van der Waals surface area contributed by atoms with Crippen molar-refractivity contribution in [1.29, 1.82) is 0 Å². The molecule has 0 aliphatic carbocycles. The molecule has 2 aromatic carbocycles. The SMILES string of the molecule is CC[C@@H](NC(=O)CCc1c(C)c2cc3c(C)c(C)oc3cc2oc1=O)C(=O)N[C@@H](Cc1ccccc1)C(=O)O. The van der Waals surface area contributed by atoms with Crippen molar-refractivity contribution in [3.8, 4) is 0 Å². The number of hydrogen-bond donors (Lipinski definition) is 3. The first-order valence-corrected chi connectivity index (χ1v) is 12.9. The van der Waals surface area contributed by atoms with Crippen molar-refractivity contribution in [2.45, 2.75) is 65.5 Å². The minimum absolute atomic E-state index is 0.0423. The standard InChI is InChI=1S/C30H32N2O7/c1-5-23(28(34)32-24(29(35)36)13-19-9-7-6-8-10-19)31-27(33)12-11-20-17(3)22-14-21-16(2)18(4)38-25(21)15-26(22)39-30(20)37/h6-10,14-15,23-24H,5,11-13H2,1-4H3,(H,31,33)(H,32,34)(H,35,36)/t23-,24+/m1/s1. The highest BCUT2D eigenvalue weighted by molar-refractivity contribution is 5.97. The van der Waals surface area contributed by atoms with Crippen molar-refractivity contribution in [1.82, 2.24) is 10.6 Å². The third-order valence-corrected chi connectivity index (χ3v) is 7.14. The first kappa shape index (κ1) is 27.6. The number of rotatable bonds is 10. The Labute approximate surface area is 225 Å². The molecule has 0 radical (unpaired) electrons. The van der Waals surface area contributed by atoms with Crippen molar-refractivity contribution < 1.29 is 28.3 Å². The highest BCUT2D eigenvalue weighted by atomic mass is 16.4. The van der Waals surface area contributed by atoms with E-state index in [-0.39, 0.29) is 25.7 Å². The molecule has 0 aliphatic heterocycles. The molecule has 2 aromatic heterocycles.